The number of carbonyl (C=O) groups is 1. The molecule has 136 valence electrons. The Labute approximate surface area is 163 Å². The van der Waals surface area contributed by atoms with E-state index in [9.17, 15) is 4.79 Å². The van der Waals surface area contributed by atoms with Crippen LogP contribution in [0.3, 0.4) is 0 Å². The van der Waals surface area contributed by atoms with E-state index in [0.717, 1.165) is 68.1 Å². The van der Waals surface area contributed by atoms with Gasteiger partial charge in [0.1, 0.15) is 0 Å². The SMILES string of the molecule is Cl.Cl.O=C(Nc1cc(Br)ccc1N1CCOCC1)C1CCNCC1. The monoisotopic (exact) mass is 439 g/mol. The second kappa shape index (κ2) is 10.5. The zero-order chi connectivity index (χ0) is 15.4. The Hall–Kier alpha value is -0.530. The third-order valence-electron chi connectivity index (χ3n) is 4.28. The van der Waals surface area contributed by atoms with Crippen LogP contribution in [-0.2, 0) is 9.53 Å². The minimum atomic E-state index is 0. The van der Waals surface area contributed by atoms with Gasteiger partial charge in [0.25, 0.3) is 0 Å². The van der Waals surface area contributed by atoms with E-state index >= 15 is 0 Å². The summed E-state index contributed by atoms with van der Waals surface area (Å²) in [5, 5.41) is 6.44. The quantitative estimate of drug-likeness (QED) is 0.758. The van der Waals surface area contributed by atoms with Gasteiger partial charge in [-0.2, -0.15) is 0 Å². The first-order valence-electron chi connectivity index (χ1n) is 7.88. The van der Waals surface area contributed by atoms with Crippen LogP contribution in [0.2, 0.25) is 0 Å². The number of ether oxygens (including phenoxy) is 1. The molecular formula is C16H24BrCl2N3O2. The molecule has 8 heteroatoms. The van der Waals surface area contributed by atoms with E-state index in [4.69, 9.17) is 4.74 Å². The molecule has 0 spiro atoms. The number of halogens is 3. The lowest BCUT2D eigenvalue weighted by atomic mass is 9.97. The number of hydrogen-bond acceptors (Lipinski definition) is 4. The van der Waals surface area contributed by atoms with Crippen molar-refractivity contribution in [3.8, 4) is 0 Å². The Morgan fingerprint density at radius 1 is 1.21 bits per heavy atom. The second-order valence-electron chi connectivity index (χ2n) is 5.77. The summed E-state index contributed by atoms with van der Waals surface area (Å²) in [5.74, 6) is 0.242. The van der Waals surface area contributed by atoms with E-state index < -0.39 is 0 Å². The summed E-state index contributed by atoms with van der Waals surface area (Å²) < 4.78 is 6.39. The summed E-state index contributed by atoms with van der Waals surface area (Å²) in [7, 11) is 0. The smallest absolute Gasteiger partial charge is 0.227 e. The summed E-state index contributed by atoms with van der Waals surface area (Å²) in [6.07, 6.45) is 1.82. The Morgan fingerprint density at radius 3 is 2.54 bits per heavy atom. The minimum absolute atomic E-state index is 0. The molecule has 5 nitrogen and oxygen atoms in total. The van der Waals surface area contributed by atoms with Gasteiger partial charge in [-0.05, 0) is 44.1 Å². The molecule has 0 saturated carbocycles. The highest BCUT2D eigenvalue weighted by atomic mass is 79.9. The largest absolute Gasteiger partial charge is 0.378 e. The van der Waals surface area contributed by atoms with Crippen molar-refractivity contribution in [2.45, 2.75) is 12.8 Å². The lowest BCUT2D eigenvalue weighted by molar-refractivity contribution is -0.120. The molecule has 0 radical (unpaired) electrons. The van der Waals surface area contributed by atoms with Gasteiger partial charge in [-0.1, -0.05) is 15.9 Å². The number of amides is 1. The van der Waals surface area contributed by atoms with Gasteiger partial charge < -0.3 is 20.3 Å². The van der Waals surface area contributed by atoms with E-state index in [1.165, 1.54) is 0 Å². The number of anilines is 2. The first kappa shape index (κ1) is 21.5. The highest BCUT2D eigenvalue weighted by Gasteiger charge is 2.23. The van der Waals surface area contributed by atoms with Crippen molar-refractivity contribution in [2.75, 3.05) is 49.6 Å². The molecule has 2 N–H and O–H groups in total. The molecule has 1 amide bonds. The van der Waals surface area contributed by atoms with Crippen molar-refractivity contribution in [2.24, 2.45) is 5.92 Å². The average molecular weight is 441 g/mol. The Balaban J connectivity index is 0.00000144. The van der Waals surface area contributed by atoms with Crippen molar-refractivity contribution < 1.29 is 9.53 Å². The molecule has 2 saturated heterocycles. The minimum Gasteiger partial charge on any atom is -0.378 e. The summed E-state index contributed by atoms with van der Waals surface area (Å²) in [6.45, 7) is 5.03. The maximum atomic E-state index is 12.5. The van der Waals surface area contributed by atoms with Crippen molar-refractivity contribution in [1.82, 2.24) is 5.32 Å². The molecule has 2 fully saturated rings. The highest BCUT2D eigenvalue weighted by Crippen LogP contribution is 2.31. The van der Waals surface area contributed by atoms with Crippen LogP contribution in [0.5, 0.6) is 0 Å². The zero-order valence-electron chi connectivity index (χ0n) is 13.4. The Kier molecular flexibility index (Phi) is 9.37. The normalized spacial score (nSPS) is 18.3. The second-order valence-corrected chi connectivity index (χ2v) is 6.69. The summed E-state index contributed by atoms with van der Waals surface area (Å²) in [4.78, 5) is 14.8. The topological polar surface area (TPSA) is 53.6 Å². The number of nitrogens with zero attached hydrogens (tertiary/aromatic N) is 1. The molecular weight excluding hydrogens is 417 g/mol. The molecule has 1 aromatic rings. The molecule has 2 aliphatic rings. The summed E-state index contributed by atoms with van der Waals surface area (Å²) >= 11 is 3.50. The molecule has 0 aliphatic carbocycles. The fourth-order valence-corrected chi connectivity index (χ4v) is 3.37. The number of piperidine rings is 1. The predicted octanol–water partition coefficient (Wildman–Crippen LogP) is 3.07. The number of hydrogen-bond donors (Lipinski definition) is 2. The molecule has 0 atom stereocenters. The van der Waals surface area contributed by atoms with Crippen LogP contribution >= 0.6 is 40.7 Å². The van der Waals surface area contributed by atoms with Crippen molar-refractivity contribution in [1.29, 1.82) is 0 Å². The van der Waals surface area contributed by atoms with Gasteiger partial charge in [-0.25, -0.2) is 0 Å². The molecule has 3 rings (SSSR count). The van der Waals surface area contributed by atoms with E-state index in [-0.39, 0.29) is 36.6 Å². The van der Waals surface area contributed by atoms with Gasteiger partial charge >= 0.3 is 0 Å². The van der Waals surface area contributed by atoms with Gasteiger partial charge in [-0.3, -0.25) is 4.79 Å². The Bertz CT molecular complexity index is 536. The molecule has 0 aromatic heterocycles. The van der Waals surface area contributed by atoms with Crippen molar-refractivity contribution in [3.05, 3.63) is 22.7 Å². The summed E-state index contributed by atoms with van der Waals surface area (Å²) in [6, 6.07) is 6.07. The van der Waals surface area contributed by atoms with Crippen LogP contribution in [0, 0.1) is 5.92 Å². The third kappa shape index (κ3) is 5.49. The third-order valence-corrected chi connectivity index (χ3v) is 4.77. The molecule has 24 heavy (non-hydrogen) atoms. The first-order chi connectivity index (χ1) is 10.7. The lowest BCUT2D eigenvalue weighted by Crippen LogP contribution is -2.37. The number of rotatable bonds is 3. The van der Waals surface area contributed by atoms with Gasteiger partial charge in [0.15, 0.2) is 0 Å². The van der Waals surface area contributed by atoms with E-state index in [0.29, 0.717) is 0 Å². The number of benzene rings is 1. The number of carbonyl (C=O) groups excluding carboxylic acids is 1. The fourth-order valence-electron chi connectivity index (χ4n) is 3.01. The molecule has 2 aliphatic heterocycles. The zero-order valence-corrected chi connectivity index (χ0v) is 16.6. The standard InChI is InChI=1S/C16H22BrN3O2.2ClH/c17-13-1-2-15(20-7-9-22-10-8-20)14(11-13)19-16(21)12-3-5-18-6-4-12;;/h1-2,11-12,18H,3-10H2,(H,19,21);2*1H. The maximum Gasteiger partial charge on any atom is 0.227 e. The first-order valence-corrected chi connectivity index (χ1v) is 8.67. The number of nitrogens with one attached hydrogen (secondary N) is 2. The van der Waals surface area contributed by atoms with Crippen LogP contribution in [0.1, 0.15) is 12.8 Å². The van der Waals surface area contributed by atoms with Crippen LogP contribution in [0.15, 0.2) is 22.7 Å². The van der Waals surface area contributed by atoms with E-state index in [1.54, 1.807) is 0 Å². The van der Waals surface area contributed by atoms with Crippen LogP contribution in [-0.4, -0.2) is 45.3 Å². The lowest BCUT2D eigenvalue weighted by Gasteiger charge is -2.31. The van der Waals surface area contributed by atoms with Gasteiger partial charge in [-0.15, -0.1) is 24.8 Å². The van der Waals surface area contributed by atoms with Crippen LogP contribution in [0.25, 0.3) is 0 Å². The van der Waals surface area contributed by atoms with E-state index in [1.807, 2.05) is 12.1 Å². The summed E-state index contributed by atoms with van der Waals surface area (Å²) in [5.41, 5.74) is 1.97. The molecule has 2 heterocycles. The van der Waals surface area contributed by atoms with Crippen LogP contribution in [0.4, 0.5) is 11.4 Å². The van der Waals surface area contributed by atoms with Gasteiger partial charge in [0.2, 0.25) is 5.91 Å². The van der Waals surface area contributed by atoms with Crippen molar-refractivity contribution >= 4 is 58.0 Å². The molecule has 0 unspecified atom stereocenters. The van der Waals surface area contributed by atoms with Gasteiger partial charge in [0, 0.05) is 23.5 Å². The van der Waals surface area contributed by atoms with Crippen LogP contribution < -0.4 is 15.5 Å². The van der Waals surface area contributed by atoms with E-state index in [2.05, 4.69) is 37.5 Å². The molecule has 1 aromatic carbocycles. The van der Waals surface area contributed by atoms with Crippen molar-refractivity contribution in [3.63, 3.8) is 0 Å². The number of morpholine rings is 1. The maximum absolute atomic E-state index is 12.5. The molecule has 0 bridgehead atoms. The highest BCUT2D eigenvalue weighted by molar-refractivity contribution is 9.10. The average Bonchev–Trinajstić information content (AvgIpc) is 2.56. The Morgan fingerprint density at radius 2 is 1.88 bits per heavy atom. The predicted molar refractivity (Wildman–Crippen MR) is 106 cm³/mol. The fraction of sp³-hybridized carbons (Fsp3) is 0.562. The van der Waals surface area contributed by atoms with Gasteiger partial charge in [0.05, 0.1) is 24.6 Å².